The normalized spacial score (nSPS) is 10.2. The molecule has 0 aliphatic heterocycles. The molecule has 1 amide bonds. The van der Waals surface area contributed by atoms with E-state index in [1.54, 1.807) is 25.2 Å². The molecule has 0 aromatic heterocycles. The van der Waals surface area contributed by atoms with Crippen LogP contribution in [-0.2, 0) is 6.42 Å². The number of carbonyl (C=O) groups is 1. The Labute approximate surface area is 95.1 Å². The molecule has 4 heteroatoms. The molecule has 0 saturated carbocycles. The van der Waals surface area contributed by atoms with Gasteiger partial charge in [0.15, 0.2) is 0 Å². The van der Waals surface area contributed by atoms with Crippen molar-refractivity contribution in [3.05, 3.63) is 29.3 Å². The number of benzene rings is 1. The van der Waals surface area contributed by atoms with E-state index in [0.717, 1.165) is 5.56 Å². The van der Waals surface area contributed by atoms with Gasteiger partial charge >= 0.3 is 0 Å². The number of aliphatic hydroxyl groups is 1. The van der Waals surface area contributed by atoms with Crippen LogP contribution in [-0.4, -0.2) is 41.2 Å². The molecule has 1 aromatic rings. The quantitative estimate of drug-likeness (QED) is 0.801. The number of hydrogen-bond donors (Lipinski definition) is 2. The predicted molar refractivity (Wildman–Crippen MR) is 61.5 cm³/mol. The van der Waals surface area contributed by atoms with Crippen LogP contribution < -0.4 is 0 Å². The Kier molecular flexibility index (Phi) is 4.31. The third-order valence-electron chi connectivity index (χ3n) is 2.51. The third kappa shape index (κ3) is 2.52. The zero-order valence-corrected chi connectivity index (χ0v) is 9.60. The molecule has 0 heterocycles. The lowest BCUT2D eigenvalue weighted by Gasteiger charge is -2.17. The Morgan fingerprint density at radius 1 is 1.44 bits per heavy atom. The van der Waals surface area contributed by atoms with Crippen LogP contribution in [0.2, 0.25) is 0 Å². The van der Waals surface area contributed by atoms with E-state index in [4.69, 9.17) is 5.11 Å². The molecule has 0 aliphatic rings. The van der Waals surface area contributed by atoms with Crippen LogP contribution in [0.4, 0.5) is 0 Å². The molecular formula is C12H17NO3. The second-order valence-electron chi connectivity index (χ2n) is 3.62. The van der Waals surface area contributed by atoms with Crippen molar-refractivity contribution >= 4 is 5.91 Å². The lowest BCUT2D eigenvalue weighted by molar-refractivity contribution is 0.0764. The van der Waals surface area contributed by atoms with E-state index in [2.05, 4.69) is 0 Å². The molecule has 16 heavy (non-hydrogen) atoms. The van der Waals surface area contributed by atoms with Crippen molar-refractivity contribution in [2.75, 3.05) is 20.2 Å². The second kappa shape index (κ2) is 5.51. The fraction of sp³-hybridized carbons (Fsp3) is 0.417. The molecule has 88 valence electrons. The number of para-hydroxylation sites is 1. The van der Waals surface area contributed by atoms with E-state index in [1.165, 1.54) is 4.90 Å². The lowest BCUT2D eigenvalue weighted by atomic mass is 10.1. The molecule has 4 nitrogen and oxygen atoms in total. The largest absolute Gasteiger partial charge is 0.507 e. The van der Waals surface area contributed by atoms with Crippen molar-refractivity contribution in [1.82, 2.24) is 4.90 Å². The molecular weight excluding hydrogens is 206 g/mol. The average Bonchev–Trinajstić information content (AvgIpc) is 2.29. The summed E-state index contributed by atoms with van der Waals surface area (Å²) in [7, 11) is 1.59. The molecule has 0 aliphatic carbocycles. The van der Waals surface area contributed by atoms with Gasteiger partial charge < -0.3 is 15.1 Å². The van der Waals surface area contributed by atoms with Crippen molar-refractivity contribution in [2.24, 2.45) is 0 Å². The van der Waals surface area contributed by atoms with Crippen LogP contribution in [0.25, 0.3) is 0 Å². The van der Waals surface area contributed by atoms with Crippen molar-refractivity contribution in [3.8, 4) is 5.75 Å². The number of amides is 1. The van der Waals surface area contributed by atoms with Crippen molar-refractivity contribution in [2.45, 2.75) is 13.3 Å². The maximum absolute atomic E-state index is 11.9. The number of carbonyl (C=O) groups excluding carboxylic acids is 1. The Bertz CT molecular complexity index is 377. The number of aryl methyl sites for hydroxylation is 1. The molecule has 0 radical (unpaired) electrons. The molecule has 2 N–H and O–H groups in total. The fourth-order valence-corrected chi connectivity index (χ4v) is 1.51. The highest BCUT2D eigenvalue weighted by Gasteiger charge is 2.16. The summed E-state index contributed by atoms with van der Waals surface area (Å²) in [6.07, 6.45) is 0.677. The second-order valence-corrected chi connectivity index (χ2v) is 3.62. The topological polar surface area (TPSA) is 60.8 Å². The molecule has 0 fully saturated rings. The highest BCUT2D eigenvalue weighted by Crippen LogP contribution is 2.23. The number of nitrogens with zero attached hydrogens (tertiary/aromatic N) is 1. The Hall–Kier alpha value is -1.55. The van der Waals surface area contributed by atoms with Gasteiger partial charge in [-0.2, -0.15) is 0 Å². The Morgan fingerprint density at radius 3 is 2.69 bits per heavy atom. The molecule has 0 saturated heterocycles. The molecule has 1 rings (SSSR count). The van der Waals surface area contributed by atoms with Gasteiger partial charge in [0.1, 0.15) is 5.75 Å². The van der Waals surface area contributed by atoms with E-state index in [9.17, 15) is 9.90 Å². The summed E-state index contributed by atoms with van der Waals surface area (Å²) < 4.78 is 0. The maximum atomic E-state index is 11.9. The minimum absolute atomic E-state index is 0.0415. The molecule has 0 bridgehead atoms. The molecule has 0 spiro atoms. The maximum Gasteiger partial charge on any atom is 0.257 e. The summed E-state index contributed by atoms with van der Waals surface area (Å²) in [5.41, 5.74) is 1.04. The van der Waals surface area contributed by atoms with Gasteiger partial charge in [0.05, 0.1) is 12.2 Å². The number of rotatable bonds is 4. The first kappa shape index (κ1) is 12.5. The molecule has 1 aromatic carbocycles. The van der Waals surface area contributed by atoms with Gasteiger partial charge in [0.2, 0.25) is 0 Å². The van der Waals surface area contributed by atoms with Gasteiger partial charge in [-0.1, -0.05) is 19.1 Å². The zero-order chi connectivity index (χ0) is 12.1. The summed E-state index contributed by atoms with van der Waals surface area (Å²) >= 11 is 0. The molecule has 0 atom stereocenters. The number of aliphatic hydroxyl groups excluding tert-OH is 1. The number of phenolic OH excluding ortho intramolecular Hbond substituents is 1. The summed E-state index contributed by atoms with van der Waals surface area (Å²) in [6, 6.07) is 5.13. The Balaban J connectivity index is 2.99. The minimum atomic E-state index is -0.276. The summed E-state index contributed by atoms with van der Waals surface area (Å²) in [4.78, 5) is 13.3. The first-order valence-electron chi connectivity index (χ1n) is 5.29. The van der Waals surface area contributed by atoms with Crippen molar-refractivity contribution < 1.29 is 15.0 Å². The monoisotopic (exact) mass is 223 g/mol. The predicted octanol–water partition coefficient (Wildman–Crippen LogP) is 1.02. The van der Waals surface area contributed by atoms with Crippen molar-refractivity contribution in [3.63, 3.8) is 0 Å². The number of aromatic hydroxyl groups is 1. The van der Waals surface area contributed by atoms with Gasteiger partial charge in [-0.3, -0.25) is 4.79 Å². The number of likely N-dealkylation sites (N-methyl/N-ethyl adjacent to an activating group) is 1. The standard InChI is InChI=1S/C12H17NO3/c1-3-9-5-4-6-10(11(9)15)12(16)13(2)7-8-14/h4-6,14-15H,3,7-8H2,1-2H3. The SMILES string of the molecule is CCc1cccc(C(=O)N(C)CCO)c1O. The fourth-order valence-electron chi connectivity index (χ4n) is 1.51. The lowest BCUT2D eigenvalue weighted by Crippen LogP contribution is -2.29. The van der Waals surface area contributed by atoms with Gasteiger partial charge in [-0.15, -0.1) is 0 Å². The average molecular weight is 223 g/mol. The van der Waals surface area contributed by atoms with E-state index >= 15 is 0 Å². The van der Waals surface area contributed by atoms with Gasteiger partial charge in [-0.05, 0) is 18.1 Å². The van der Waals surface area contributed by atoms with Crippen LogP contribution in [0.5, 0.6) is 5.75 Å². The highest BCUT2D eigenvalue weighted by molar-refractivity contribution is 5.97. The van der Waals surface area contributed by atoms with E-state index in [0.29, 0.717) is 6.42 Å². The summed E-state index contributed by atoms with van der Waals surface area (Å²) in [5, 5.41) is 18.6. The summed E-state index contributed by atoms with van der Waals surface area (Å²) in [6.45, 7) is 2.09. The number of phenols is 1. The first-order chi connectivity index (χ1) is 7.61. The zero-order valence-electron chi connectivity index (χ0n) is 9.60. The van der Waals surface area contributed by atoms with Gasteiger partial charge in [0, 0.05) is 13.6 Å². The highest BCUT2D eigenvalue weighted by atomic mass is 16.3. The van der Waals surface area contributed by atoms with E-state index in [1.807, 2.05) is 6.92 Å². The summed E-state index contributed by atoms with van der Waals surface area (Å²) in [5.74, 6) is -0.235. The van der Waals surface area contributed by atoms with Crippen LogP contribution in [0, 0.1) is 0 Å². The van der Waals surface area contributed by atoms with Crippen LogP contribution in [0.3, 0.4) is 0 Å². The Morgan fingerprint density at radius 2 is 2.12 bits per heavy atom. The van der Waals surface area contributed by atoms with E-state index in [-0.39, 0.29) is 30.4 Å². The van der Waals surface area contributed by atoms with Crippen LogP contribution in [0.1, 0.15) is 22.8 Å². The number of hydrogen-bond acceptors (Lipinski definition) is 3. The van der Waals surface area contributed by atoms with Gasteiger partial charge in [0.25, 0.3) is 5.91 Å². The smallest absolute Gasteiger partial charge is 0.257 e. The van der Waals surface area contributed by atoms with Crippen LogP contribution >= 0.6 is 0 Å². The van der Waals surface area contributed by atoms with Gasteiger partial charge in [-0.25, -0.2) is 0 Å². The van der Waals surface area contributed by atoms with E-state index < -0.39 is 0 Å². The molecule has 0 unspecified atom stereocenters. The van der Waals surface area contributed by atoms with Crippen molar-refractivity contribution in [1.29, 1.82) is 0 Å². The third-order valence-corrected chi connectivity index (χ3v) is 2.51. The van der Waals surface area contributed by atoms with Crippen LogP contribution in [0.15, 0.2) is 18.2 Å². The minimum Gasteiger partial charge on any atom is -0.507 e. The first-order valence-corrected chi connectivity index (χ1v) is 5.29.